The van der Waals surface area contributed by atoms with Crippen molar-refractivity contribution < 1.29 is 14.6 Å². The maximum atomic E-state index is 8.84. The molecule has 0 aromatic rings. The lowest BCUT2D eigenvalue weighted by Gasteiger charge is -2.15. The molecule has 2 unspecified atom stereocenters. The number of hydrogen-bond donors (Lipinski definition) is 2. The van der Waals surface area contributed by atoms with Gasteiger partial charge in [-0.05, 0) is 19.9 Å². The van der Waals surface area contributed by atoms with Gasteiger partial charge in [0.2, 0.25) is 0 Å². The Balaban J connectivity index is 1.98. The molecule has 0 aliphatic carbocycles. The molecular weight excluding hydrogens is 170 g/mol. The van der Waals surface area contributed by atoms with Crippen molar-refractivity contribution in [2.24, 2.45) is 0 Å². The van der Waals surface area contributed by atoms with Crippen LogP contribution in [0.4, 0.5) is 0 Å². The van der Waals surface area contributed by atoms with Crippen molar-refractivity contribution in [3.8, 4) is 0 Å². The fraction of sp³-hybridized carbons (Fsp3) is 1.00. The van der Waals surface area contributed by atoms with E-state index in [1.165, 1.54) is 0 Å². The molecule has 0 amide bonds. The normalized spacial score (nSPS) is 24.9. The van der Waals surface area contributed by atoms with Crippen LogP contribution in [-0.4, -0.2) is 50.7 Å². The van der Waals surface area contributed by atoms with Crippen LogP contribution in [0.2, 0.25) is 0 Å². The van der Waals surface area contributed by atoms with Crippen LogP contribution < -0.4 is 5.32 Å². The number of aliphatic hydroxyl groups is 1. The summed E-state index contributed by atoms with van der Waals surface area (Å²) < 4.78 is 10.8. The molecule has 0 bridgehead atoms. The van der Waals surface area contributed by atoms with Gasteiger partial charge in [0.1, 0.15) is 0 Å². The zero-order valence-electron chi connectivity index (χ0n) is 8.16. The Morgan fingerprint density at radius 3 is 3.08 bits per heavy atom. The van der Waals surface area contributed by atoms with Crippen LogP contribution in [0.5, 0.6) is 0 Å². The lowest BCUT2D eigenvalue weighted by molar-refractivity contribution is 0.00573. The monoisotopic (exact) mass is 189 g/mol. The van der Waals surface area contributed by atoms with Crippen molar-refractivity contribution in [2.75, 3.05) is 33.5 Å². The second-order valence-corrected chi connectivity index (χ2v) is 3.34. The molecule has 1 aliphatic heterocycles. The van der Waals surface area contributed by atoms with Crippen LogP contribution in [-0.2, 0) is 9.47 Å². The molecule has 0 radical (unpaired) electrons. The Morgan fingerprint density at radius 2 is 2.54 bits per heavy atom. The van der Waals surface area contributed by atoms with Crippen molar-refractivity contribution in [1.82, 2.24) is 5.32 Å². The Hall–Kier alpha value is -0.160. The van der Waals surface area contributed by atoms with E-state index in [1.54, 1.807) is 0 Å². The number of likely N-dealkylation sites (N-methyl/N-ethyl adjacent to an activating group) is 1. The molecule has 2 N–H and O–H groups in total. The van der Waals surface area contributed by atoms with Gasteiger partial charge in [-0.2, -0.15) is 0 Å². The molecule has 13 heavy (non-hydrogen) atoms. The molecule has 0 saturated carbocycles. The van der Waals surface area contributed by atoms with E-state index in [0.29, 0.717) is 13.2 Å². The van der Waals surface area contributed by atoms with Crippen molar-refractivity contribution in [3.05, 3.63) is 0 Å². The zero-order chi connectivity index (χ0) is 9.52. The minimum Gasteiger partial charge on any atom is -0.395 e. The molecule has 1 fully saturated rings. The first-order chi connectivity index (χ1) is 6.36. The highest BCUT2D eigenvalue weighted by molar-refractivity contribution is 4.65. The Morgan fingerprint density at radius 1 is 1.69 bits per heavy atom. The van der Waals surface area contributed by atoms with E-state index in [1.807, 2.05) is 7.05 Å². The fourth-order valence-electron chi connectivity index (χ4n) is 1.34. The Kier molecular flexibility index (Phi) is 5.31. The van der Waals surface area contributed by atoms with Gasteiger partial charge in [0.25, 0.3) is 0 Å². The molecule has 0 aromatic carbocycles. The van der Waals surface area contributed by atoms with E-state index in [4.69, 9.17) is 14.6 Å². The van der Waals surface area contributed by atoms with Crippen LogP contribution in [0.25, 0.3) is 0 Å². The van der Waals surface area contributed by atoms with Crippen LogP contribution >= 0.6 is 0 Å². The van der Waals surface area contributed by atoms with Gasteiger partial charge >= 0.3 is 0 Å². The Labute approximate surface area is 79.2 Å². The van der Waals surface area contributed by atoms with Crippen molar-refractivity contribution in [1.29, 1.82) is 0 Å². The summed E-state index contributed by atoms with van der Waals surface area (Å²) in [4.78, 5) is 0. The van der Waals surface area contributed by atoms with Crippen molar-refractivity contribution in [2.45, 2.75) is 25.0 Å². The minimum absolute atomic E-state index is 0.0430. The lowest BCUT2D eigenvalue weighted by atomic mass is 10.2. The number of aliphatic hydroxyl groups excluding tert-OH is 1. The summed E-state index contributed by atoms with van der Waals surface area (Å²) in [5.41, 5.74) is 0. The summed E-state index contributed by atoms with van der Waals surface area (Å²) in [6.45, 7) is 2.18. The summed E-state index contributed by atoms with van der Waals surface area (Å²) in [6.07, 6.45) is 2.52. The van der Waals surface area contributed by atoms with E-state index in [9.17, 15) is 0 Å². The predicted octanol–water partition coefficient (Wildman–Crippen LogP) is -0.238. The fourth-order valence-corrected chi connectivity index (χ4v) is 1.34. The molecule has 1 rings (SSSR count). The average molecular weight is 189 g/mol. The largest absolute Gasteiger partial charge is 0.395 e. The number of rotatable bonds is 6. The molecular formula is C9H19NO3. The molecule has 78 valence electrons. The summed E-state index contributed by atoms with van der Waals surface area (Å²) >= 11 is 0. The third kappa shape index (κ3) is 4.04. The smallest absolute Gasteiger partial charge is 0.0809 e. The third-order valence-corrected chi connectivity index (χ3v) is 2.28. The van der Waals surface area contributed by atoms with E-state index in [2.05, 4.69) is 5.32 Å². The summed E-state index contributed by atoms with van der Waals surface area (Å²) in [5.74, 6) is 0. The molecule has 0 spiro atoms. The zero-order valence-corrected chi connectivity index (χ0v) is 8.16. The second kappa shape index (κ2) is 6.32. The van der Waals surface area contributed by atoms with Crippen molar-refractivity contribution in [3.63, 3.8) is 0 Å². The van der Waals surface area contributed by atoms with Crippen molar-refractivity contribution >= 4 is 0 Å². The first-order valence-electron chi connectivity index (χ1n) is 4.84. The molecule has 1 saturated heterocycles. The summed E-state index contributed by atoms with van der Waals surface area (Å²) in [5, 5.41) is 11.8. The minimum atomic E-state index is 0.0430. The van der Waals surface area contributed by atoms with Crippen LogP contribution in [0, 0.1) is 0 Å². The van der Waals surface area contributed by atoms with Crippen LogP contribution in [0.15, 0.2) is 0 Å². The molecule has 0 aromatic heterocycles. The summed E-state index contributed by atoms with van der Waals surface area (Å²) in [6, 6.07) is 0.0430. The van der Waals surface area contributed by atoms with E-state index < -0.39 is 0 Å². The Bertz CT molecular complexity index is 120. The first-order valence-corrected chi connectivity index (χ1v) is 4.84. The van der Waals surface area contributed by atoms with Gasteiger partial charge in [-0.25, -0.2) is 0 Å². The highest BCUT2D eigenvalue weighted by Crippen LogP contribution is 2.11. The van der Waals surface area contributed by atoms with Crippen LogP contribution in [0.1, 0.15) is 12.8 Å². The van der Waals surface area contributed by atoms with E-state index >= 15 is 0 Å². The predicted molar refractivity (Wildman–Crippen MR) is 49.7 cm³/mol. The highest BCUT2D eigenvalue weighted by Gasteiger charge is 2.15. The SMILES string of the molecule is CNC(CO)COCC1CCCO1. The second-order valence-electron chi connectivity index (χ2n) is 3.34. The topological polar surface area (TPSA) is 50.7 Å². The van der Waals surface area contributed by atoms with Gasteiger partial charge < -0.3 is 19.9 Å². The highest BCUT2D eigenvalue weighted by atomic mass is 16.5. The first kappa shape index (κ1) is 10.9. The molecule has 1 heterocycles. The molecule has 4 heteroatoms. The third-order valence-electron chi connectivity index (χ3n) is 2.28. The molecule has 4 nitrogen and oxygen atoms in total. The van der Waals surface area contributed by atoms with E-state index in [-0.39, 0.29) is 18.8 Å². The number of ether oxygens (including phenoxy) is 2. The lowest BCUT2D eigenvalue weighted by Crippen LogP contribution is -2.34. The standard InChI is InChI=1S/C9H19NO3/c1-10-8(5-11)6-12-7-9-3-2-4-13-9/h8-11H,2-7H2,1H3. The van der Waals surface area contributed by atoms with Gasteiger partial charge in [-0.15, -0.1) is 0 Å². The molecule has 2 atom stereocenters. The van der Waals surface area contributed by atoms with Crippen LogP contribution in [0.3, 0.4) is 0 Å². The van der Waals surface area contributed by atoms with Gasteiger partial charge in [0.05, 0.1) is 32.0 Å². The number of hydrogen-bond acceptors (Lipinski definition) is 4. The molecule has 1 aliphatic rings. The van der Waals surface area contributed by atoms with Gasteiger partial charge in [-0.3, -0.25) is 0 Å². The average Bonchev–Trinajstić information content (AvgIpc) is 2.65. The maximum absolute atomic E-state index is 8.84. The summed E-state index contributed by atoms with van der Waals surface area (Å²) in [7, 11) is 1.82. The maximum Gasteiger partial charge on any atom is 0.0809 e. The quantitative estimate of drug-likeness (QED) is 0.605. The number of nitrogens with one attached hydrogen (secondary N) is 1. The van der Waals surface area contributed by atoms with Gasteiger partial charge in [-0.1, -0.05) is 0 Å². The van der Waals surface area contributed by atoms with Gasteiger partial charge in [0, 0.05) is 6.61 Å². The van der Waals surface area contributed by atoms with E-state index in [0.717, 1.165) is 19.4 Å². The van der Waals surface area contributed by atoms with Gasteiger partial charge in [0.15, 0.2) is 0 Å².